The van der Waals surface area contributed by atoms with Gasteiger partial charge >= 0.3 is 0 Å². The minimum absolute atomic E-state index is 0.739. The van der Waals surface area contributed by atoms with Gasteiger partial charge in [-0.1, -0.05) is 11.6 Å². The summed E-state index contributed by atoms with van der Waals surface area (Å²) in [7, 11) is 4.20. The molecule has 1 aromatic heterocycles. The monoisotopic (exact) mass is 241 g/mol. The standard InChI is InChI=1S/C12H20ClN3/c1-16(2)8-4-3-6-14-9-11-5-7-15-10-12(11)13/h5,7,10,14H,3-4,6,8-9H2,1-2H3. The second-order valence-corrected chi connectivity index (χ2v) is 4.56. The van der Waals surface area contributed by atoms with Crippen molar-refractivity contribution in [3.8, 4) is 0 Å². The molecule has 1 N–H and O–H groups in total. The summed E-state index contributed by atoms with van der Waals surface area (Å²) >= 11 is 6.00. The summed E-state index contributed by atoms with van der Waals surface area (Å²) in [6, 6.07) is 1.95. The molecule has 0 saturated carbocycles. The van der Waals surface area contributed by atoms with Crippen molar-refractivity contribution >= 4 is 11.6 Å². The van der Waals surface area contributed by atoms with Crippen molar-refractivity contribution in [3.63, 3.8) is 0 Å². The van der Waals surface area contributed by atoms with Crippen LogP contribution in [0.25, 0.3) is 0 Å². The molecule has 3 nitrogen and oxygen atoms in total. The summed E-state index contributed by atoms with van der Waals surface area (Å²) in [6.45, 7) is 3.01. The van der Waals surface area contributed by atoms with Crippen LogP contribution in [0.5, 0.6) is 0 Å². The van der Waals surface area contributed by atoms with Crippen molar-refractivity contribution in [2.24, 2.45) is 0 Å². The highest BCUT2D eigenvalue weighted by Gasteiger charge is 1.98. The average Bonchev–Trinajstić information content (AvgIpc) is 2.25. The molecule has 1 aromatic rings. The fourth-order valence-corrected chi connectivity index (χ4v) is 1.63. The normalized spacial score (nSPS) is 11.0. The summed E-state index contributed by atoms with van der Waals surface area (Å²) in [5.74, 6) is 0. The van der Waals surface area contributed by atoms with E-state index in [1.54, 1.807) is 12.4 Å². The Morgan fingerprint density at radius 1 is 1.38 bits per heavy atom. The molecule has 0 radical (unpaired) electrons. The van der Waals surface area contributed by atoms with Crippen LogP contribution in [0.2, 0.25) is 5.02 Å². The van der Waals surface area contributed by atoms with Gasteiger partial charge in [-0.3, -0.25) is 4.98 Å². The van der Waals surface area contributed by atoms with Gasteiger partial charge in [0, 0.05) is 18.9 Å². The number of halogens is 1. The molecule has 0 fully saturated rings. The topological polar surface area (TPSA) is 28.2 Å². The number of nitrogens with zero attached hydrogens (tertiary/aromatic N) is 2. The fraction of sp³-hybridized carbons (Fsp3) is 0.583. The maximum atomic E-state index is 6.00. The third kappa shape index (κ3) is 5.45. The molecular formula is C12H20ClN3. The van der Waals surface area contributed by atoms with Gasteiger partial charge in [0.1, 0.15) is 0 Å². The van der Waals surface area contributed by atoms with E-state index in [4.69, 9.17) is 11.6 Å². The Labute approximate surface area is 103 Å². The number of hydrogen-bond donors (Lipinski definition) is 1. The van der Waals surface area contributed by atoms with E-state index in [-0.39, 0.29) is 0 Å². The van der Waals surface area contributed by atoms with Gasteiger partial charge in [-0.05, 0) is 51.7 Å². The predicted molar refractivity (Wildman–Crippen MR) is 68.7 cm³/mol. The molecule has 16 heavy (non-hydrogen) atoms. The number of hydrogen-bond acceptors (Lipinski definition) is 3. The van der Waals surface area contributed by atoms with Gasteiger partial charge in [0.2, 0.25) is 0 Å². The Bertz CT molecular complexity index is 302. The Kier molecular flexibility index (Phi) is 6.38. The second kappa shape index (κ2) is 7.60. The van der Waals surface area contributed by atoms with Gasteiger partial charge in [0.05, 0.1) is 5.02 Å². The summed E-state index contributed by atoms with van der Waals surface area (Å²) in [5, 5.41) is 4.12. The molecule has 90 valence electrons. The molecule has 0 aromatic carbocycles. The Balaban J connectivity index is 2.10. The van der Waals surface area contributed by atoms with Crippen molar-refractivity contribution in [2.75, 3.05) is 27.2 Å². The first-order valence-corrected chi connectivity index (χ1v) is 6.02. The Morgan fingerprint density at radius 2 is 2.19 bits per heavy atom. The highest BCUT2D eigenvalue weighted by atomic mass is 35.5. The molecule has 0 saturated heterocycles. The summed E-state index contributed by atoms with van der Waals surface area (Å²) in [5.41, 5.74) is 1.12. The van der Waals surface area contributed by atoms with Gasteiger partial charge in [0.25, 0.3) is 0 Å². The van der Waals surface area contributed by atoms with Crippen molar-refractivity contribution in [3.05, 3.63) is 29.0 Å². The SMILES string of the molecule is CN(C)CCCCNCc1ccncc1Cl. The second-order valence-electron chi connectivity index (χ2n) is 4.15. The largest absolute Gasteiger partial charge is 0.313 e. The van der Waals surface area contributed by atoms with Crippen LogP contribution < -0.4 is 5.32 Å². The lowest BCUT2D eigenvalue weighted by molar-refractivity contribution is 0.391. The fourth-order valence-electron chi connectivity index (χ4n) is 1.45. The van der Waals surface area contributed by atoms with Gasteiger partial charge in [0.15, 0.2) is 0 Å². The molecule has 1 heterocycles. The molecule has 0 spiro atoms. The third-order valence-corrected chi connectivity index (χ3v) is 2.72. The molecule has 0 atom stereocenters. The maximum absolute atomic E-state index is 6.00. The van der Waals surface area contributed by atoms with Gasteiger partial charge in [-0.25, -0.2) is 0 Å². The van der Waals surface area contributed by atoms with E-state index in [2.05, 4.69) is 29.3 Å². The minimum Gasteiger partial charge on any atom is -0.313 e. The number of aromatic nitrogens is 1. The Morgan fingerprint density at radius 3 is 2.88 bits per heavy atom. The number of pyridine rings is 1. The van der Waals surface area contributed by atoms with Crippen LogP contribution in [0, 0.1) is 0 Å². The molecule has 0 aliphatic carbocycles. The molecule has 0 unspecified atom stereocenters. The molecule has 4 heteroatoms. The van der Waals surface area contributed by atoms with Crippen LogP contribution in [-0.4, -0.2) is 37.1 Å². The van der Waals surface area contributed by atoms with E-state index in [1.165, 1.54) is 12.8 Å². The smallest absolute Gasteiger partial charge is 0.0634 e. The quantitative estimate of drug-likeness (QED) is 0.742. The maximum Gasteiger partial charge on any atom is 0.0634 e. The number of nitrogens with one attached hydrogen (secondary N) is 1. The van der Waals surface area contributed by atoms with Crippen LogP contribution in [0.1, 0.15) is 18.4 Å². The average molecular weight is 242 g/mol. The summed E-state index contributed by atoms with van der Waals surface area (Å²) < 4.78 is 0. The summed E-state index contributed by atoms with van der Waals surface area (Å²) in [6.07, 6.45) is 5.88. The lowest BCUT2D eigenvalue weighted by atomic mass is 10.2. The molecule has 0 aliphatic heterocycles. The molecule has 0 amide bonds. The Hall–Kier alpha value is -0.640. The zero-order chi connectivity index (χ0) is 11.8. The van der Waals surface area contributed by atoms with E-state index in [0.717, 1.165) is 30.2 Å². The van der Waals surface area contributed by atoms with Crippen molar-refractivity contribution in [1.82, 2.24) is 15.2 Å². The van der Waals surface area contributed by atoms with E-state index < -0.39 is 0 Å². The van der Waals surface area contributed by atoms with E-state index in [1.807, 2.05) is 6.07 Å². The first kappa shape index (κ1) is 13.4. The van der Waals surface area contributed by atoms with Gasteiger partial charge in [-0.15, -0.1) is 0 Å². The van der Waals surface area contributed by atoms with Crippen LogP contribution in [0.15, 0.2) is 18.5 Å². The number of unbranched alkanes of at least 4 members (excludes halogenated alkanes) is 1. The first-order chi connectivity index (χ1) is 7.70. The van der Waals surface area contributed by atoms with Crippen molar-refractivity contribution < 1.29 is 0 Å². The van der Waals surface area contributed by atoms with Gasteiger partial charge in [-0.2, -0.15) is 0 Å². The molecular weight excluding hydrogens is 222 g/mol. The zero-order valence-corrected chi connectivity index (χ0v) is 10.8. The summed E-state index contributed by atoms with van der Waals surface area (Å²) in [4.78, 5) is 6.16. The minimum atomic E-state index is 0.739. The van der Waals surface area contributed by atoms with Crippen molar-refractivity contribution in [1.29, 1.82) is 0 Å². The van der Waals surface area contributed by atoms with E-state index in [0.29, 0.717) is 0 Å². The van der Waals surface area contributed by atoms with E-state index in [9.17, 15) is 0 Å². The predicted octanol–water partition coefficient (Wildman–Crippen LogP) is 2.17. The lowest BCUT2D eigenvalue weighted by Crippen LogP contribution is -2.18. The highest BCUT2D eigenvalue weighted by Crippen LogP contribution is 2.12. The first-order valence-electron chi connectivity index (χ1n) is 5.64. The highest BCUT2D eigenvalue weighted by molar-refractivity contribution is 6.31. The number of rotatable bonds is 7. The van der Waals surface area contributed by atoms with Crippen LogP contribution in [0.4, 0.5) is 0 Å². The van der Waals surface area contributed by atoms with E-state index >= 15 is 0 Å². The van der Waals surface area contributed by atoms with Crippen LogP contribution in [0.3, 0.4) is 0 Å². The molecule has 0 aliphatic rings. The van der Waals surface area contributed by atoms with Crippen molar-refractivity contribution in [2.45, 2.75) is 19.4 Å². The lowest BCUT2D eigenvalue weighted by Gasteiger charge is -2.09. The van der Waals surface area contributed by atoms with Crippen LogP contribution in [-0.2, 0) is 6.54 Å². The zero-order valence-electron chi connectivity index (χ0n) is 10.0. The molecule has 1 rings (SSSR count). The van der Waals surface area contributed by atoms with Crippen LogP contribution >= 0.6 is 11.6 Å². The van der Waals surface area contributed by atoms with Gasteiger partial charge < -0.3 is 10.2 Å². The molecule has 0 bridgehead atoms. The third-order valence-electron chi connectivity index (χ3n) is 2.38.